The van der Waals surface area contributed by atoms with Gasteiger partial charge in [0.15, 0.2) is 0 Å². The molecule has 1 heterocycles. The number of ether oxygens (including phenoxy) is 1. The fourth-order valence-corrected chi connectivity index (χ4v) is 3.31. The van der Waals surface area contributed by atoms with Crippen LogP contribution >= 0.6 is 11.3 Å². The molecule has 2 N–H and O–H groups in total. The minimum absolute atomic E-state index is 0.211. The standard InChI is InChI=1S/C18H20N2O4S/c1-5-13(21)20-17-14(18(23)24-4)11(3)15(25-17)16(22)19-12-8-6-10(2)7-9-12/h6-9H,5H2,1-4H3,(H,19,22)(H,20,21). The average Bonchev–Trinajstić information content (AvgIpc) is 2.92. The molecular weight excluding hydrogens is 340 g/mol. The first-order chi connectivity index (χ1) is 11.9. The molecule has 0 radical (unpaired) electrons. The molecule has 0 spiro atoms. The van der Waals surface area contributed by atoms with Crippen LogP contribution in [0.2, 0.25) is 0 Å². The molecule has 1 aromatic heterocycles. The number of rotatable bonds is 5. The lowest BCUT2D eigenvalue weighted by molar-refractivity contribution is -0.115. The molecule has 25 heavy (non-hydrogen) atoms. The molecule has 0 unspecified atom stereocenters. The van der Waals surface area contributed by atoms with Crippen LogP contribution in [0.15, 0.2) is 24.3 Å². The van der Waals surface area contributed by atoms with Crippen molar-refractivity contribution in [3.63, 3.8) is 0 Å². The Labute approximate surface area is 150 Å². The normalized spacial score (nSPS) is 10.2. The van der Waals surface area contributed by atoms with Gasteiger partial charge in [-0.1, -0.05) is 24.6 Å². The largest absolute Gasteiger partial charge is 0.465 e. The fourth-order valence-electron chi connectivity index (χ4n) is 2.21. The average molecular weight is 360 g/mol. The summed E-state index contributed by atoms with van der Waals surface area (Å²) in [5.74, 6) is -1.17. The Hall–Kier alpha value is -2.67. The number of thiophene rings is 1. The number of amides is 2. The predicted octanol–water partition coefficient (Wildman–Crippen LogP) is 3.75. The van der Waals surface area contributed by atoms with E-state index in [0.717, 1.165) is 16.9 Å². The summed E-state index contributed by atoms with van der Waals surface area (Å²) in [7, 11) is 1.26. The number of anilines is 2. The minimum atomic E-state index is -0.588. The maximum absolute atomic E-state index is 12.6. The monoisotopic (exact) mass is 360 g/mol. The van der Waals surface area contributed by atoms with E-state index < -0.39 is 5.97 Å². The third-order valence-corrected chi connectivity index (χ3v) is 4.83. The Balaban J connectivity index is 2.36. The molecule has 0 atom stereocenters. The first-order valence-electron chi connectivity index (χ1n) is 7.77. The first-order valence-corrected chi connectivity index (χ1v) is 8.58. The molecule has 2 aromatic rings. The minimum Gasteiger partial charge on any atom is -0.465 e. The number of carbonyl (C=O) groups is 3. The van der Waals surface area contributed by atoms with Gasteiger partial charge in [0.05, 0.1) is 17.6 Å². The second kappa shape index (κ2) is 7.94. The van der Waals surface area contributed by atoms with Gasteiger partial charge in [-0.2, -0.15) is 0 Å². The van der Waals surface area contributed by atoms with Gasteiger partial charge < -0.3 is 15.4 Å². The van der Waals surface area contributed by atoms with E-state index in [9.17, 15) is 14.4 Å². The van der Waals surface area contributed by atoms with Crippen molar-refractivity contribution in [3.05, 3.63) is 45.8 Å². The second-order valence-electron chi connectivity index (χ2n) is 5.47. The molecule has 7 heteroatoms. The molecule has 0 bridgehead atoms. The Bertz CT molecular complexity index is 809. The summed E-state index contributed by atoms with van der Waals surface area (Å²) in [6.45, 7) is 5.33. The number of aryl methyl sites for hydroxylation is 1. The lowest BCUT2D eigenvalue weighted by atomic mass is 10.1. The summed E-state index contributed by atoms with van der Waals surface area (Å²) in [6, 6.07) is 7.39. The molecule has 132 valence electrons. The molecule has 0 aliphatic rings. The molecule has 6 nitrogen and oxygen atoms in total. The Morgan fingerprint density at radius 2 is 1.72 bits per heavy atom. The summed E-state index contributed by atoms with van der Waals surface area (Å²) in [5, 5.41) is 5.78. The first kappa shape index (κ1) is 18.7. The van der Waals surface area contributed by atoms with E-state index in [-0.39, 0.29) is 23.8 Å². The van der Waals surface area contributed by atoms with Crippen LogP contribution in [0.4, 0.5) is 10.7 Å². The van der Waals surface area contributed by atoms with Crippen molar-refractivity contribution in [2.24, 2.45) is 0 Å². The summed E-state index contributed by atoms with van der Waals surface area (Å²) < 4.78 is 4.78. The van der Waals surface area contributed by atoms with Crippen molar-refractivity contribution < 1.29 is 19.1 Å². The zero-order chi connectivity index (χ0) is 18.6. The second-order valence-corrected chi connectivity index (χ2v) is 6.49. The molecule has 1 aromatic carbocycles. The van der Waals surface area contributed by atoms with Crippen LogP contribution < -0.4 is 10.6 Å². The smallest absolute Gasteiger partial charge is 0.341 e. The molecule has 2 amide bonds. The van der Waals surface area contributed by atoms with Gasteiger partial charge in [0.2, 0.25) is 5.91 Å². The van der Waals surface area contributed by atoms with Gasteiger partial charge in [-0.25, -0.2) is 4.79 Å². The van der Waals surface area contributed by atoms with E-state index in [0.29, 0.717) is 21.1 Å². The number of esters is 1. The predicted molar refractivity (Wildman–Crippen MR) is 98.4 cm³/mol. The number of nitrogens with one attached hydrogen (secondary N) is 2. The highest BCUT2D eigenvalue weighted by Gasteiger charge is 2.26. The number of methoxy groups -OCH3 is 1. The SMILES string of the molecule is CCC(=O)Nc1sc(C(=O)Nc2ccc(C)cc2)c(C)c1C(=O)OC. The van der Waals surface area contributed by atoms with Gasteiger partial charge in [0.1, 0.15) is 5.00 Å². The third-order valence-electron chi connectivity index (χ3n) is 3.63. The van der Waals surface area contributed by atoms with Crippen molar-refractivity contribution in [3.8, 4) is 0 Å². The zero-order valence-corrected chi connectivity index (χ0v) is 15.4. The number of carbonyl (C=O) groups excluding carboxylic acids is 3. The van der Waals surface area contributed by atoms with Crippen LogP contribution in [0, 0.1) is 13.8 Å². The number of hydrogen-bond donors (Lipinski definition) is 2. The number of hydrogen-bond acceptors (Lipinski definition) is 5. The van der Waals surface area contributed by atoms with Crippen LogP contribution in [0.1, 0.15) is 44.5 Å². The van der Waals surface area contributed by atoms with Gasteiger partial charge in [-0.15, -0.1) is 11.3 Å². The van der Waals surface area contributed by atoms with Crippen molar-refractivity contribution in [2.75, 3.05) is 17.7 Å². The third kappa shape index (κ3) is 4.24. The molecule has 0 fully saturated rings. The van der Waals surface area contributed by atoms with Crippen LogP contribution in [0.3, 0.4) is 0 Å². The van der Waals surface area contributed by atoms with Crippen LogP contribution in [-0.2, 0) is 9.53 Å². The topological polar surface area (TPSA) is 84.5 Å². The summed E-state index contributed by atoms with van der Waals surface area (Å²) >= 11 is 1.06. The number of benzene rings is 1. The molecule has 2 rings (SSSR count). The van der Waals surface area contributed by atoms with Gasteiger partial charge in [0.25, 0.3) is 5.91 Å². The molecule has 0 aliphatic carbocycles. The lowest BCUT2D eigenvalue weighted by Crippen LogP contribution is -2.13. The van der Waals surface area contributed by atoms with Gasteiger partial charge in [-0.05, 0) is 31.5 Å². The molecular formula is C18H20N2O4S. The maximum atomic E-state index is 12.6. The summed E-state index contributed by atoms with van der Waals surface area (Å²) in [4.78, 5) is 36.7. The maximum Gasteiger partial charge on any atom is 0.341 e. The Kier molecular flexibility index (Phi) is 5.93. The van der Waals surface area contributed by atoms with Crippen molar-refractivity contribution >= 4 is 39.8 Å². The molecule has 0 saturated carbocycles. The van der Waals surface area contributed by atoms with E-state index in [2.05, 4.69) is 10.6 Å². The summed E-state index contributed by atoms with van der Waals surface area (Å²) in [6.07, 6.45) is 0.266. The molecule has 0 saturated heterocycles. The summed E-state index contributed by atoms with van der Waals surface area (Å²) in [5.41, 5.74) is 2.43. The van der Waals surface area contributed by atoms with Gasteiger partial charge >= 0.3 is 5.97 Å². The van der Waals surface area contributed by atoms with Crippen molar-refractivity contribution in [1.29, 1.82) is 0 Å². The van der Waals surface area contributed by atoms with Crippen molar-refractivity contribution in [2.45, 2.75) is 27.2 Å². The highest BCUT2D eigenvalue weighted by molar-refractivity contribution is 7.18. The van der Waals surface area contributed by atoms with E-state index in [1.54, 1.807) is 26.0 Å². The highest BCUT2D eigenvalue weighted by Crippen LogP contribution is 2.34. The Morgan fingerprint density at radius 3 is 2.28 bits per heavy atom. The van der Waals surface area contributed by atoms with Crippen LogP contribution in [-0.4, -0.2) is 24.9 Å². The van der Waals surface area contributed by atoms with Crippen molar-refractivity contribution in [1.82, 2.24) is 0 Å². The zero-order valence-electron chi connectivity index (χ0n) is 14.6. The van der Waals surface area contributed by atoms with E-state index >= 15 is 0 Å². The van der Waals surface area contributed by atoms with E-state index in [4.69, 9.17) is 4.74 Å². The molecule has 0 aliphatic heterocycles. The lowest BCUT2D eigenvalue weighted by Gasteiger charge is -2.05. The highest BCUT2D eigenvalue weighted by atomic mass is 32.1. The Morgan fingerprint density at radius 1 is 1.08 bits per heavy atom. The van der Waals surface area contributed by atoms with Gasteiger partial charge in [-0.3, -0.25) is 9.59 Å². The quantitative estimate of drug-likeness (QED) is 0.795. The van der Waals surface area contributed by atoms with Crippen LogP contribution in [0.25, 0.3) is 0 Å². The van der Waals surface area contributed by atoms with Crippen LogP contribution in [0.5, 0.6) is 0 Å². The van der Waals surface area contributed by atoms with E-state index in [1.165, 1.54) is 7.11 Å². The fraction of sp³-hybridized carbons (Fsp3) is 0.278. The van der Waals surface area contributed by atoms with Gasteiger partial charge in [0, 0.05) is 12.1 Å². The van der Waals surface area contributed by atoms with E-state index in [1.807, 2.05) is 19.1 Å².